The van der Waals surface area contributed by atoms with Crippen LogP contribution in [0.3, 0.4) is 0 Å². The van der Waals surface area contributed by atoms with E-state index in [4.69, 9.17) is 17.3 Å². The molecule has 4 heteroatoms. The zero-order valence-electron chi connectivity index (χ0n) is 11.1. The van der Waals surface area contributed by atoms with E-state index < -0.39 is 0 Å². The van der Waals surface area contributed by atoms with Crippen LogP contribution in [0.25, 0.3) is 0 Å². The number of amides is 1. The summed E-state index contributed by atoms with van der Waals surface area (Å²) in [4.78, 5) is 12.0. The van der Waals surface area contributed by atoms with E-state index in [1.807, 2.05) is 24.3 Å². The third kappa shape index (κ3) is 4.51. The second kappa shape index (κ2) is 6.92. The molecule has 0 saturated heterocycles. The van der Waals surface area contributed by atoms with Crippen molar-refractivity contribution in [2.24, 2.45) is 11.7 Å². The Bertz CT molecular complexity index is 436. The van der Waals surface area contributed by atoms with Crippen molar-refractivity contribution in [1.82, 2.24) is 5.32 Å². The van der Waals surface area contributed by atoms with Gasteiger partial charge in [0, 0.05) is 23.5 Å². The highest BCUT2D eigenvalue weighted by atomic mass is 35.5. The fraction of sp³-hybridized carbons (Fsp3) is 0.533. The smallest absolute Gasteiger partial charge is 0.223 e. The highest BCUT2D eigenvalue weighted by Gasteiger charge is 2.24. The summed E-state index contributed by atoms with van der Waals surface area (Å²) in [5.41, 5.74) is 7.05. The molecule has 1 fully saturated rings. The summed E-state index contributed by atoms with van der Waals surface area (Å²) < 4.78 is 0. The van der Waals surface area contributed by atoms with E-state index >= 15 is 0 Å². The molecule has 3 nitrogen and oxygen atoms in total. The van der Waals surface area contributed by atoms with Gasteiger partial charge in [-0.3, -0.25) is 4.79 Å². The van der Waals surface area contributed by atoms with Gasteiger partial charge in [-0.2, -0.15) is 0 Å². The first kappa shape index (κ1) is 14.4. The summed E-state index contributed by atoms with van der Waals surface area (Å²) in [5.74, 6) is 0.250. The molecule has 1 aliphatic carbocycles. The third-order valence-electron chi connectivity index (χ3n) is 3.69. The minimum absolute atomic E-state index is 0.100. The van der Waals surface area contributed by atoms with E-state index in [-0.39, 0.29) is 17.9 Å². The normalized spacial score (nSPS) is 23.1. The SMILES string of the molecule is NC1CCCC(C(=O)NCCc2cccc(Cl)c2)C1. The molecule has 2 atom stereocenters. The predicted molar refractivity (Wildman–Crippen MR) is 78.1 cm³/mol. The lowest BCUT2D eigenvalue weighted by molar-refractivity contribution is -0.126. The Morgan fingerprint density at radius 1 is 1.42 bits per heavy atom. The summed E-state index contributed by atoms with van der Waals surface area (Å²) in [6.45, 7) is 0.658. The van der Waals surface area contributed by atoms with E-state index in [1.54, 1.807) is 0 Å². The first-order chi connectivity index (χ1) is 9.15. The molecule has 0 aliphatic heterocycles. The third-order valence-corrected chi connectivity index (χ3v) is 3.92. The van der Waals surface area contributed by atoms with Gasteiger partial charge in [0.25, 0.3) is 0 Å². The number of nitrogens with one attached hydrogen (secondary N) is 1. The van der Waals surface area contributed by atoms with Crippen LogP contribution in [0.2, 0.25) is 5.02 Å². The van der Waals surface area contributed by atoms with Gasteiger partial charge in [0.1, 0.15) is 0 Å². The molecule has 0 spiro atoms. The number of halogens is 1. The molecule has 1 aromatic carbocycles. The standard InChI is InChI=1S/C15H21ClN2O/c16-13-5-1-3-11(9-13)7-8-18-15(19)12-4-2-6-14(17)10-12/h1,3,5,9,12,14H,2,4,6-8,10,17H2,(H,18,19). The molecule has 1 amide bonds. The Hall–Kier alpha value is -1.06. The van der Waals surface area contributed by atoms with Gasteiger partial charge in [-0.15, -0.1) is 0 Å². The fourth-order valence-corrected chi connectivity index (χ4v) is 2.85. The van der Waals surface area contributed by atoms with Gasteiger partial charge in [-0.05, 0) is 43.4 Å². The number of nitrogens with two attached hydrogens (primary N) is 1. The van der Waals surface area contributed by atoms with Gasteiger partial charge >= 0.3 is 0 Å². The number of hydrogen-bond acceptors (Lipinski definition) is 2. The summed E-state index contributed by atoms with van der Waals surface area (Å²) in [7, 11) is 0. The highest BCUT2D eigenvalue weighted by Crippen LogP contribution is 2.23. The van der Waals surface area contributed by atoms with Crippen molar-refractivity contribution in [1.29, 1.82) is 0 Å². The van der Waals surface area contributed by atoms with Crippen molar-refractivity contribution >= 4 is 17.5 Å². The highest BCUT2D eigenvalue weighted by molar-refractivity contribution is 6.30. The first-order valence-corrected chi connectivity index (χ1v) is 7.30. The van der Waals surface area contributed by atoms with Crippen molar-refractivity contribution in [3.63, 3.8) is 0 Å². The lowest BCUT2D eigenvalue weighted by Gasteiger charge is -2.25. The maximum atomic E-state index is 12.0. The van der Waals surface area contributed by atoms with Crippen molar-refractivity contribution < 1.29 is 4.79 Å². The Morgan fingerprint density at radius 3 is 3.00 bits per heavy atom. The Kier molecular flexibility index (Phi) is 5.23. The van der Waals surface area contributed by atoms with Crippen LogP contribution in [0.15, 0.2) is 24.3 Å². The summed E-state index contributed by atoms with van der Waals surface area (Å²) in [5, 5.41) is 3.74. The molecule has 19 heavy (non-hydrogen) atoms. The second-order valence-corrected chi connectivity index (χ2v) is 5.73. The van der Waals surface area contributed by atoms with Gasteiger partial charge in [0.05, 0.1) is 0 Å². The number of benzene rings is 1. The van der Waals surface area contributed by atoms with Gasteiger partial charge < -0.3 is 11.1 Å². The van der Waals surface area contributed by atoms with Gasteiger partial charge in [-0.25, -0.2) is 0 Å². The summed E-state index contributed by atoms with van der Waals surface area (Å²) in [6.07, 6.45) is 4.71. The van der Waals surface area contributed by atoms with Crippen LogP contribution >= 0.6 is 11.6 Å². The van der Waals surface area contributed by atoms with Crippen LogP contribution < -0.4 is 11.1 Å². The van der Waals surface area contributed by atoms with Gasteiger partial charge in [0.2, 0.25) is 5.91 Å². The molecule has 104 valence electrons. The van der Waals surface area contributed by atoms with E-state index in [1.165, 1.54) is 0 Å². The van der Waals surface area contributed by atoms with Crippen LogP contribution in [0.4, 0.5) is 0 Å². The molecule has 2 unspecified atom stereocenters. The van der Waals surface area contributed by atoms with E-state index in [2.05, 4.69) is 5.32 Å². The number of hydrogen-bond donors (Lipinski definition) is 2. The van der Waals surface area contributed by atoms with Crippen LogP contribution in [-0.2, 0) is 11.2 Å². The lowest BCUT2D eigenvalue weighted by Crippen LogP contribution is -2.38. The molecule has 1 aliphatic rings. The summed E-state index contributed by atoms with van der Waals surface area (Å²) >= 11 is 5.92. The Labute approximate surface area is 119 Å². The Balaban J connectivity index is 1.74. The monoisotopic (exact) mass is 280 g/mol. The first-order valence-electron chi connectivity index (χ1n) is 6.93. The predicted octanol–water partition coefficient (Wildman–Crippen LogP) is 2.52. The van der Waals surface area contributed by atoms with Crippen LogP contribution in [0.5, 0.6) is 0 Å². The fourth-order valence-electron chi connectivity index (χ4n) is 2.63. The minimum Gasteiger partial charge on any atom is -0.356 e. The lowest BCUT2D eigenvalue weighted by atomic mass is 9.85. The molecule has 0 bridgehead atoms. The number of carbonyl (C=O) groups is 1. The van der Waals surface area contributed by atoms with Crippen LogP contribution in [0, 0.1) is 5.92 Å². The zero-order chi connectivity index (χ0) is 13.7. The van der Waals surface area contributed by atoms with Gasteiger partial charge in [0.15, 0.2) is 0 Å². The average Bonchev–Trinajstić information content (AvgIpc) is 2.38. The maximum Gasteiger partial charge on any atom is 0.223 e. The van der Waals surface area contributed by atoms with Gasteiger partial charge in [-0.1, -0.05) is 30.2 Å². The van der Waals surface area contributed by atoms with E-state index in [0.717, 1.165) is 42.7 Å². The second-order valence-electron chi connectivity index (χ2n) is 5.29. The largest absolute Gasteiger partial charge is 0.356 e. The molecule has 1 saturated carbocycles. The molecule has 0 radical (unpaired) electrons. The quantitative estimate of drug-likeness (QED) is 0.890. The number of carbonyl (C=O) groups excluding carboxylic acids is 1. The minimum atomic E-state index is 0.100. The summed E-state index contributed by atoms with van der Waals surface area (Å²) in [6, 6.07) is 7.93. The van der Waals surface area contributed by atoms with Crippen LogP contribution in [0.1, 0.15) is 31.2 Å². The molecule has 0 aromatic heterocycles. The average molecular weight is 281 g/mol. The Morgan fingerprint density at radius 2 is 2.26 bits per heavy atom. The molecular weight excluding hydrogens is 260 g/mol. The molecular formula is C15H21ClN2O. The van der Waals surface area contributed by atoms with Crippen molar-refractivity contribution in [2.45, 2.75) is 38.1 Å². The van der Waals surface area contributed by atoms with Crippen molar-refractivity contribution in [3.05, 3.63) is 34.9 Å². The van der Waals surface area contributed by atoms with E-state index in [0.29, 0.717) is 6.54 Å². The van der Waals surface area contributed by atoms with E-state index in [9.17, 15) is 4.79 Å². The topological polar surface area (TPSA) is 55.1 Å². The molecule has 2 rings (SSSR count). The molecule has 1 aromatic rings. The zero-order valence-corrected chi connectivity index (χ0v) is 11.8. The number of rotatable bonds is 4. The maximum absolute atomic E-state index is 12.0. The van der Waals surface area contributed by atoms with Crippen molar-refractivity contribution in [2.75, 3.05) is 6.54 Å². The molecule has 3 N–H and O–H groups in total. The van der Waals surface area contributed by atoms with Crippen LogP contribution in [-0.4, -0.2) is 18.5 Å². The van der Waals surface area contributed by atoms with Crippen molar-refractivity contribution in [3.8, 4) is 0 Å². The molecule has 0 heterocycles.